The van der Waals surface area contributed by atoms with Gasteiger partial charge in [-0.25, -0.2) is 0 Å². The summed E-state index contributed by atoms with van der Waals surface area (Å²) < 4.78 is 11.9. The van der Waals surface area contributed by atoms with Crippen LogP contribution in [0.2, 0.25) is 0 Å². The Morgan fingerprint density at radius 2 is 2.36 bits per heavy atom. The molecule has 0 bridgehead atoms. The van der Waals surface area contributed by atoms with E-state index in [1.807, 2.05) is 0 Å². The highest BCUT2D eigenvalue weighted by atomic mass is 32.1. The van der Waals surface area contributed by atoms with Gasteiger partial charge < -0.3 is 0 Å². The van der Waals surface area contributed by atoms with Gasteiger partial charge in [0.1, 0.15) is 0 Å². The SMILES string of the molecule is CC1=Cc2sc(C(=O)NF)cc2CC1. The van der Waals surface area contributed by atoms with Gasteiger partial charge >= 0.3 is 0 Å². The van der Waals surface area contributed by atoms with E-state index in [-0.39, 0.29) is 0 Å². The maximum atomic E-state index is 11.9. The zero-order chi connectivity index (χ0) is 10.1. The molecule has 0 fully saturated rings. The molecule has 1 heterocycles. The van der Waals surface area contributed by atoms with Gasteiger partial charge in [-0.1, -0.05) is 10.1 Å². The fraction of sp³-hybridized carbons (Fsp3) is 0.300. The molecule has 0 atom stereocenters. The minimum atomic E-state index is -0.643. The predicted molar refractivity (Wildman–Crippen MR) is 54.9 cm³/mol. The molecule has 74 valence electrons. The van der Waals surface area contributed by atoms with Gasteiger partial charge in [0.15, 0.2) is 0 Å². The summed E-state index contributed by atoms with van der Waals surface area (Å²) in [5, 5.41) is 0. The van der Waals surface area contributed by atoms with Crippen LogP contribution in [-0.4, -0.2) is 5.91 Å². The number of allylic oxidation sites excluding steroid dienone is 1. The Morgan fingerprint density at radius 3 is 3.07 bits per heavy atom. The second kappa shape index (κ2) is 3.53. The van der Waals surface area contributed by atoms with Gasteiger partial charge in [0.2, 0.25) is 0 Å². The number of carbonyl (C=O) groups is 1. The van der Waals surface area contributed by atoms with Crippen LogP contribution in [0, 0.1) is 0 Å². The van der Waals surface area contributed by atoms with Gasteiger partial charge in [-0.2, -0.15) is 5.54 Å². The van der Waals surface area contributed by atoms with Crippen LogP contribution in [0.3, 0.4) is 0 Å². The highest BCUT2D eigenvalue weighted by molar-refractivity contribution is 7.15. The average Bonchev–Trinajstić information content (AvgIpc) is 2.59. The number of nitrogens with one attached hydrogen (secondary N) is 1. The molecule has 1 N–H and O–H groups in total. The van der Waals surface area contributed by atoms with Crippen LogP contribution < -0.4 is 5.54 Å². The normalized spacial score (nSPS) is 14.6. The third kappa shape index (κ3) is 1.57. The number of hydrogen-bond donors (Lipinski definition) is 1. The summed E-state index contributed by atoms with van der Waals surface area (Å²) in [5.41, 5.74) is 3.62. The average molecular weight is 211 g/mol. The molecular formula is C10H10FNOS. The Hall–Kier alpha value is -1.16. The van der Waals surface area contributed by atoms with Crippen LogP contribution in [0.15, 0.2) is 11.6 Å². The first kappa shape index (κ1) is 9.40. The first-order valence-corrected chi connectivity index (χ1v) is 5.23. The van der Waals surface area contributed by atoms with Gasteiger partial charge in [-0.15, -0.1) is 11.3 Å². The van der Waals surface area contributed by atoms with E-state index in [0.717, 1.165) is 28.8 Å². The number of carbonyl (C=O) groups excluding carboxylic acids is 1. The Morgan fingerprint density at radius 1 is 1.57 bits per heavy atom. The molecule has 4 heteroatoms. The van der Waals surface area contributed by atoms with E-state index in [2.05, 4.69) is 13.0 Å². The molecular weight excluding hydrogens is 201 g/mol. The number of hydrogen-bond acceptors (Lipinski definition) is 2. The maximum absolute atomic E-state index is 11.9. The van der Waals surface area contributed by atoms with E-state index < -0.39 is 5.91 Å². The molecule has 0 spiro atoms. The lowest BCUT2D eigenvalue weighted by Crippen LogP contribution is -2.11. The van der Waals surface area contributed by atoms with Gasteiger partial charge in [0, 0.05) is 4.88 Å². The quantitative estimate of drug-likeness (QED) is 0.711. The predicted octanol–water partition coefficient (Wildman–Crippen LogP) is 2.71. The van der Waals surface area contributed by atoms with Crippen LogP contribution in [0.1, 0.15) is 33.5 Å². The molecule has 0 unspecified atom stereocenters. The third-order valence-electron chi connectivity index (χ3n) is 2.32. The molecule has 0 aliphatic heterocycles. The van der Waals surface area contributed by atoms with Gasteiger partial charge in [0.05, 0.1) is 4.88 Å². The van der Waals surface area contributed by atoms with E-state index in [9.17, 15) is 9.28 Å². The Bertz CT molecular complexity index is 408. The lowest BCUT2D eigenvalue weighted by atomic mass is 9.99. The molecule has 0 aromatic carbocycles. The zero-order valence-corrected chi connectivity index (χ0v) is 8.58. The summed E-state index contributed by atoms with van der Waals surface area (Å²) in [4.78, 5) is 12.6. The summed E-state index contributed by atoms with van der Waals surface area (Å²) in [6, 6.07) is 1.78. The van der Waals surface area contributed by atoms with Crippen molar-refractivity contribution in [2.24, 2.45) is 0 Å². The summed E-state index contributed by atoms with van der Waals surface area (Å²) in [6.45, 7) is 2.07. The lowest BCUT2D eigenvalue weighted by molar-refractivity contribution is 0.0864. The second-order valence-electron chi connectivity index (χ2n) is 3.41. The van der Waals surface area contributed by atoms with Crippen molar-refractivity contribution in [1.29, 1.82) is 0 Å². The Balaban J connectivity index is 2.38. The lowest BCUT2D eigenvalue weighted by Gasteiger charge is -2.07. The standard InChI is InChI=1S/C10H10FNOS/c1-6-2-3-7-5-9(10(13)12-11)14-8(7)4-6/h4-5H,2-3H2,1H3,(H,12,13). The summed E-state index contributed by atoms with van der Waals surface area (Å²) in [5.74, 6) is -0.643. The molecule has 1 amide bonds. The number of amides is 1. The van der Waals surface area contributed by atoms with Crippen molar-refractivity contribution in [3.8, 4) is 0 Å². The third-order valence-corrected chi connectivity index (χ3v) is 3.44. The fourth-order valence-electron chi connectivity index (χ4n) is 1.55. The number of thiophene rings is 1. The first-order valence-electron chi connectivity index (χ1n) is 4.41. The van der Waals surface area contributed by atoms with E-state index in [1.54, 1.807) is 6.07 Å². The number of rotatable bonds is 1. The summed E-state index contributed by atoms with van der Waals surface area (Å²) >= 11 is 1.34. The molecule has 0 radical (unpaired) electrons. The van der Waals surface area contributed by atoms with Crippen molar-refractivity contribution in [1.82, 2.24) is 5.54 Å². The van der Waals surface area contributed by atoms with Crippen LogP contribution in [0.5, 0.6) is 0 Å². The Kier molecular flexibility index (Phi) is 2.37. The molecule has 2 rings (SSSR count). The number of halogens is 1. The van der Waals surface area contributed by atoms with Crippen LogP contribution in [-0.2, 0) is 6.42 Å². The van der Waals surface area contributed by atoms with E-state index in [1.165, 1.54) is 16.9 Å². The van der Waals surface area contributed by atoms with Crippen molar-refractivity contribution in [3.63, 3.8) is 0 Å². The largest absolute Gasteiger partial charge is 0.289 e. The first-order chi connectivity index (χ1) is 6.70. The van der Waals surface area contributed by atoms with Crippen LogP contribution in [0.25, 0.3) is 6.08 Å². The molecule has 14 heavy (non-hydrogen) atoms. The van der Waals surface area contributed by atoms with Crippen molar-refractivity contribution in [2.45, 2.75) is 19.8 Å². The number of fused-ring (bicyclic) bond motifs is 1. The van der Waals surface area contributed by atoms with Gasteiger partial charge in [-0.05, 0) is 37.5 Å². The van der Waals surface area contributed by atoms with E-state index in [0.29, 0.717) is 4.88 Å². The zero-order valence-electron chi connectivity index (χ0n) is 7.76. The van der Waals surface area contributed by atoms with Crippen LogP contribution in [0.4, 0.5) is 4.48 Å². The van der Waals surface area contributed by atoms with Crippen molar-refractivity contribution in [3.05, 3.63) is 27.0 Å². The van der Waals surface area contributed by atoms with Gasteiger partial charge in [-0.3, -0.25) is 4.79 Å². The highest BCUT2D eigenvalue weighted by Gasteiger charge is 2.15. The number of aryl methyl sites for hydroxylation is 1. The molecule has 1 aromatic rings. The fourth-order valence-corrected chi connectivity index (χ4v) is 2.67. The van der Waals surface area contributed by atoms with Crippen molar-refractivity contribution < 1.29 is 9.28 Å². The van der Waals surface area contributed by atoms with E-state index in [4.69, 9.17) is 0 Å². The van der Waals surface area contributed by atoms with Crippen LogP contribution >= 0.6 is 11.3 Å². The molecule has 1 aliphatic rings. The summed E-state index contributed by atoms with van der Waals surface area (Å²) in [6.07, 6.45) is 4.05. The maximum Gasteiger partial charge on any atom is 0.289 e. The molecule has 2 nitrogen and oxygen atoms in total. The Labute approximate surface area is 85.4 Å². The molecule has 0 saturated carbocycles. The minimum Gasteiger partial charge on any atom is -0.266 e. The smallest absolute Gasteiger partial charge is 0.266 e. The molecule has 0 saturated heterocycles. The van der Waals surface area contributed by atoms with Crippen molar-refractivity contribution >= 4 is 23.3 Å². The molecule has 1 aromatic heterocycles. The van der Waals surface area contributed by atoms with E-state index >= 15 is 0 Å². The van der Waals surface area contributed by atoms with Gasteiger partial charge in [0.25, 0.3) is 5.91 Å². The van der Waals surface area contributed by atoms with Crippen molar-refractivity contribution in [2.75, 3.05) is 0 Å². The second-order valence-corrected chi connectivity index (χ2v) is 4.50. The summed E-state index contributed by atoms with van der Waals surface area (Å²) in [7, 11) is 0. The highest BCUT2D eigenvalue weighted by Crippen LogP contribution is 2.31. The minimum absolute atomic E-state index is 0.448. The molecule has 1 aliphatic carbocycles. The topological polar surface area (TPSA) is 29.1 Å². The monoisotopic (exact) mass is 211 g/mol.